The van der Waals surface area contributed by atoms with E-state index in [0.29, 0.717) is 11.3 Å². The molecular weight excluding hydrogens is 254 g/mol. The molecule has 1 amide bonds. The van der Waals surface area contributed by atoms with Crippen LogP contribution in [0.2, 0.25) is 0 Å². The average molecular weight is 271 g/mol. The van der Waals surface area contributed by atoms with E-state index in [2.05, 4.69) is 0 Å². The molecule has 0 radical (unpaired) electrons. The first-order valence-electron chi connectivity index (χ1n) is 5.44. The molecule has 0 aliphatic rings. The number of likely N-dealkylation sites (N-methyl/N-ethyl adjacent to an activating group) is 1. The van der Waals surface area contributed by atoms with Crippen molar-refractivity contribution in [3.05, 3.63) is 23.8 Å². The van der Waals surface area contributed by atoms with Gasteiger partial charge in [-0.15, -0.1) is 0 Å². The molecule has 1 rings (SSSR count). The van der Waals surface area contributed by atoms with Crippen LogP contribution in [-0.2, 0) is 14.8 Å². The van der Waals surface area contributed by atoms with Crippen LogP contribution in [0.25, 0.3) is 0 Å². The number of nitrogen functional groups attached to an aromatic ring is 1. The van der Waals surface area contributed by atoms with Gasteiger partial charge in [0.1, 0.15) is 0 Å². The van der Waals surface area contributed by atoms with Crippen molar-refractivity contribution in [2.75, 3.05) is 18.8 Å². The lowest BCUT2D eigenvalue weighted by Gasteiger charge is -2.20. The number of nitrogens with two attached hydrogens (primary N) is 2. The molecular formula is C11H17N3O3S. The Morgan fingerprint density at radius 1 is 1.39 bits per heavy atom. The molecule has 0 saturated carbocycles. The van der Waals surface area contributed by atoms with E-state index in [0.717, 1.165) is 4.31 Å². The molecule has 1 aromatic carbocycles. The molecule has 0 atom stereocenters. The van der Waals surface area contributed by atoms with Gasteiger partial charge in [-0.2, -0.15) is 4.31 Å². The summed E-state index contributed by atoms with van der Waals surface area (Å²) in [7, 11) is -3.75. The van der Waals surface area contributed by atoms with Gasteiger partial charge in [0.05, 0.1) is 11.4 Å². The molecule has 0 spiro atoms. The summed E-state index contributed by atoms with van der Waals surface area (Å²) in [5, 5.41) is 0. The molecule has 0 aromatic heterocycles. The quantitative estimate of drug-likeness (QED) is 0.739. The highest BCUT2D eigenvalue weighted by molar-refractivity contribution is 7.89. The van der Waals surface area contributed by atoms with Crippen LogP contribution in [0.5, 0.6) is 0 Å². The summed E-state index contributed by atoms with van der Waals surface area (Å²) in [5.41, 5.74) is 11.6. The number of hydrogen-bond acceptors (Lipinski definition) is 4. The lowest BCUT2D eigenvalue weighted by Crippen LogP contribution is -2.38. The minimum absolute atomic E-state index is 0.102. The Labute approximate surface area is 107 Å². The highest BCUT2D eigenvalue weighted by Gasteiger charge is 2.26. The van der Waals surface area contributed by atoms with Crippen LogP contribution < -0.4 is 11.5 Å². The highest BCUT2D eigenvalue weighted by atomic mass is 32.2. The fourth-order valence-corrected chi connectivity index (χ4v) is 3.26. The molecule has 0 heterocycles. The molecule has 0 bridgehead atoms. The van der Waals surface area contributed by atoms with E-state index in [1.54, 1.807) is 26.0 Å². The van der Waals surface area contributed by atoms with E-state index in [9.17, 15) is 13.2 Å². The molecule has 7 heteroatoms. The smallest absolute Gasteiger partial charge is 0.243 e. The third kappa shape index (κ3) is 2.80. The zero-order valence-electron chi connectivity index (χ0n) is 10.4. The maximum atomic E-state index is 12.3. The van der Waals surface area contributed by atoms with Crippen molar-refractivity contribution in [2.45, 2.75) is 18.7 Å². The van der Waals surface area contributed by atoms with Gasteiger partial charge in [0.2, 0.25) is 15.9 Å². The van der Waals surface area contributed by atoms with E-state index in [-0.39, 0.29) is 18.0 Å². The number of carbonyl (C=O) groups excluding carboxylic acids is 1. The van der Waals surface area contributed by atoms with Crippen molar-refractivity contribution in [2.24, 2.45) is 5.73 Å². The van der Waals surface area contributed by atoms with E-state index in [1.165, 1.54) is 6.07 Å². The average Bonchev–Trinajstić information content (AvgIpc) is 2.28. The van der Waals surface area contributed by atoms with Crippen molar-refractivity contribution in [3.63, 3.8) is 0 Å². The molecule has 0 saturated heterocycles. The van der Waals surface area contributed by atoms with Gasteiger partial charge in [0, 0.05) is 12.2 Å². The van der Waals surface area contributed by atoms with Crippen LogP contribution in [0.1, 0.15) is 12.5 Å². The third-order valence-electron chi connectivity index (χ3n) is 2.63. The van der Waals surface area contributed by atoms with Gasteiger partial charge < -0.3 is 11.5 Å². The van der Waals surface area contributed by atoms with Crippen LogP contribution in [-0.4, -0.2) is 31.7 Å². The molecule has 6 nitrogen and oxygen atoms in total. The zero-order valence-corrected chi connectivity index (χ0v) is 11.2. The molecule has 18 heavy (non-hydrogen) atoms. The second-order valence-electron chi connectivity index (χ2n) is 3.87. The number of anilines is 1. The van der Waals surface area contributed by atoms with Gasteiger partial charge in [-0.05, 0) is 24.6 Å². The van der Waals surface area contributed by atoms with Gasteiger partial charge in [-0.1, -0.05) is 13.0 Å². The molecule has 100 valence electrons. The summed E-state index contributed by atoms with van der Waals surface area (Å²) in [6.45, 7) is 3.09. The van der Waals surface area contributed by atoms with Crippen LogP contribution in [0, 0.1) is 6.92 Å². The van der Waals surface area contributed by atoms with Crippen molar-refractivity contribution >= 4 is 21.6 Å². The third-order valence-corrected chi connectivity index (χ3v) is 4.69. The number of primary amides is 1. The molecule has 0 aliphatic carbocycles. The number of carbonyl (C=O) groups is 1. The van der Waals surface area contributed by atoms with E-state index < -0.39 is 15.9 Å². The Morgan fingerprint density at radius 2 is 2.00 bits per heavy atom. The molecule has 1 aromatic rings. The van der Waals surface area contributed by atoms with E-state index >= 15 is 0 Å². The summed E-state index contributed by atoms with van der Waals surface area (Å²) in [6, 6.07) is 4.65. The zero-order chi connectivity index (χ0) is 13.9. The first kappa shape index (κ1) is 14.5. The summed E-state index contributed by atoms with van der Waals surface area (Å²) < 4.78 is 25.7. The first-order chi connectivity index (χ1) is 8.30. The molecule has 0 unspecified atom stereocenters. The topological polar surface area (TPSA) is 106 Å². The summed E-state index contributed by atoms with van der Waals surface area (Å²) in [4.78, 5) is 11.0. The monoisotopic (exact) mass is 271 g/mol. The van der Waals surface area contributed by atoms with Gasteiger partial charge in [-0.25, -0.2) is 8.42 Å². The van der Waals surface area contributed by atoms with Crippen molar-refractivity contribution in [3.8, 4) is 0 Å². The molecule has 0 fully saturated rings. The lowest BCUT2D eigenvalue weighted by molar-refractivity contribution is -0.118. The lowest BCUT2D eigenvalue weighted by atomic mass is 10.2. The number of nitrogens with zero attached hydrogens (tertiary/aromatic N) is 1. The Morgan fingerprint density at radius 3 is 2.50 bits per heavy atom. The second-order valence-corrected chi connectivity index (χ2v) is 5.77. The normalized spacial score (nSPS) is 11.7. The highest BCUT2D eigenvalue weighted by Crippen LogP contribution is 2.23. The van der Waals surface area contributed by atoms with Crippen molar-refractivity contribution in [1.82, 2.24) is 4.31 Å². The van der Waals surface area contributed by atoms with Gasteiger partial charge in [0.15, 0.2) is 0 Å². The SMILES string of the molecule is CCN(CC(N)=O)S(=O)(=O)c1cccc(N)c1C. The summed E-state index contributed by atoms with van der Waals surface area (Å²) in [6.07, 6.45) is 0. The number of rotatable bonds is 5. The van der Waals surface area contributed by atoms with Crippen LogP contribution in [0.15, 0.2) is 23.1 Å². The summed E-state index contributed by atoms with van der Waals surface area (Å²) in [5.74, 6) is -0.693. The number of amides is 1. The van der Waals surface area contributed by atoms with Crippen LogP contribution >= 0.6 is 0 Å². The maximum Gasteiger partial charge on any atom is 0.243 e. The second kappa shape index (κ2) is 5.36. The minimum Gasteiger partial charge on any atom is -0.398 e. The minimum atomic E-state index is -3.75. The van der Waals surface area contributed by atoms with Crippen molar-refractivity contribution in [1.29, 1.82) is 0 Å². The standard InChI is InChI=1S/C11H17N3O3S/c1-3-14(7-11(13)15)18(16,17)10-6-4-5-9(12)8(10)2/h4-6H,3,7,12H2,1-2H3,(H2,13,15). The van der Waals surface area contributed by atoms with Gasteiger partial charge >= 0.3 is 0 Å². The summed E-state index contributed by atoms with van der Waals surface area (Å²) >= 11 is 0. The Hall–Kier alpha value is -1.60. The maximum absolute atomic E-state index is 12.3. The number of hydrogen-bond donors (Lipinski definition) is 2. The Balaban J connectivity index is 3.27. The van der Waals surface area contributed by atoms with Gasteiger partial charge in [-0.3, -0.25) is 4.79 Å². The van der Waals surface area contributed by atoms with Gasteiger partial charge in [0.25, 0.3) is 0 Å². The molecule has 0 aliphatic heterocycles. The van der Waals surface area contributed by atoms with Crippen LogP contribution in [0.3, 0.4) is 0 Å². The fourth-order valence-electron chi connectivity index (χ4n) is 1.59. The predicted molar refractivity (Wildman–Crippen MR) is 69.2 cm³/mol. The first-order valence-corrected chi connectivity index (χ1v) is 6.88. The fraction of sp³-hybridized carbons (Fsp3) is 0.364. The number of benzene rings is 1. The predicted octanol–water partition coefficient (Wildman–Crippen LogP) is 0.0731. The van der Waals surface area contributed by atoms with E-state index in [4.69, 9.17) is 11.5 Å². The Bertz CT molecular complexity index is 555. The van der Waals surface area contributed by atoms with Crippen LogP contribution in [0.4, 0.5) is 5.69 Å². The largest absolute Gasteiger partial charge is 0.398 e. The number of sulfonamides is 1. The molecule has 4 N–H and O–H groups in total. The Kier molecular flexibility index (Phi) is 4.31. The van der Waals surface area contributed by atoms with Crippen molar-refractivity contribution < 1.29 is 13.2 Å². The van der Waals surface area contributed by atoms with E-state index in [1.807, 2.05) is 0 Å².